The van der Waals surface area contributed by atoms with Gasteiger partial charge in [-0.1, -0.05) is 18.2 Å². The topological polar surface area (TPSA) is 49.9 Å². The Balaban J connectivity index is 1.57. The largest absolute Gasteiger partial charge is 0.379 e. The van der Waals surface area contributed by atoms with E-state index in [1.807, 2.05) is 0 Å². The van der Waals surface area contributed by atoms with E-state index in [2.05, 4.69) is 4.90 Å². The van der Waals surface area contributed by atoms with Crippen molar-refractivity contribution in [3.8, 4) is 0 Å². The molecule has 124 valence electrons. The van der Waals surface area contributed by atoms with Crippen molar-refractivity contribution in [3.05, 3.63) is 35.6 Å². The first kappa shape index (κ1) is 16.1. The molecule has 1 atom stereocenters. The highest BCUT2D eigenvalue weighted by Crippen LogP contribution is 2.24. The molecule has 1 aromatic carbocycles. The predicted molar refractivity (Wildman–Crippen MR) is 82.2 cm³/mol. The van der Waals surface area contributed by atoms with Gasteiger partial charge < -0.3 is 4.74 Å². The summed E-state index contributed by atoms with van der Waals surface area (Å²) in [6, 6.07) is 6.42. The lowest BCUT2D eigenvalue weighted by molar-refractivity contribution is -0.139. The first-order valence-electron chi connectivity index (χ1n) is 8.03. The monoisotopic (exact) mass is 320 g/mol. The Kier molecular flexibility index (Phi) is 5.03. The molecule has 2 amide bonds. The van der Waals surface area contributed by atoms with Crippen LogP contribution in [-0.4, -0.2) is 61.0 Å². The molecule has 0 saturated carbocycles. The number of likely N-dealkylation sites (tertiary alicyclic amines) is 1. The molecule has 0 aliphatic carbocycles. The lowest BCUT2D eigenvalue weighted by atomic mass is 9.97. The number of imide groups is 1. The number of hydrogen-bond acceptors (Lipinski definition) is 4. The van der Waals surface area contributed by atoms with Crippen LogP contribution in [0.2, 0.25) is 0 Å². The molecular weight excluding hydrogens is 299 g/mol. The smallest absolute Gasteiger partial charge is 0.233 e. The minimum Gasteiger partial charge on any atom is -0.379 e. The third-order valence-corrected chi connectivity index (χ3v) is 4.51. The Hall–Kier alpha value is -1.79. The van der Waals surface area contributed by atoms with Crippen LogP contribution in [0, 0.1) is 11.7 Å². The van der Waals surface area contributed by atoms with Crippen molar-refractivity contribution in [1.29, 1.82) is 0 Å². The summed E-state index contributed by atoms with van der Waals surface area (Å²) in [5, 5.41) is 0. The zero-order valence-electron chi connectivity index (χ0n) is 13.0. The van der Waals surface area contributed by atoms with Gasteiger partial charge >= 0.3 is 0 Å². The second kappa shape index (κ2) is 7.19. The van der Waals surface area contributed by atoms with Crippen LogP contribution in [0.25, 0.3) is 0 Å². The number of carbonyl (C=O) groups is 2. The number of ether oxygens (including phenoxy) is 1. The Morgan fingerprint density at radius 2 is 1.87 bits per heavy atom. The van der Waals surface area contributed by atoms with E-state index in [1.165, 1.54) is 11.0 Å². The highest BCUT2D eigenvalue weighted by atomic mass is 19.1. The predicted octanol–water partition coefficient (Wildman–Crippen LogP) is 1.08. The SMILES string of the molecule is O=C1CC(Cc2ccccc2F)C(=O)N1CCN1CCOCC1. The minimum atomic E-state index is -0.441. The van der Waals surface area contributed by atoms with Crippen molar-refractivity contribution in [3.63, 3.8) is 0 Å². The van der Waals surface area contributed by atoms with Gasteiger partial charge in [0.15, 0.2) is 0 Å². The van der Waals surface area contributed by atoms with Crippen LogP contribution >= 0.6 is 0 Å². The molecule has 2 fully saturated rings. The van der Waals surface area contributed by atoms with Gasteiger partial charge in [0.25, 0.3) is 0 Å². The fraction of sp³-hybridized carbons (Fsp3) is 0.529. The average Bonchev–Trinajstić information content (AvgIpc) is 2.82. The summed E-state index contributed by atoms with van der Waals surface area (Å²) in [6.07, 6.45) is 0.460. The molecule has 3 rings (SSSR count). The highest BCUT2D eigenvalue weighted by Gasteiger charge is 2.38. The molecule has 2 aliphatic rings. The van der Waals surface area contributed by atoms with Gasteiger partial charge in [-0.25, -0.2) is 4.39 Å². The van der Waals surface area contributed by atoms with Crippen LogP contribution in [0.5, 0.6) is 0 Å². The summed E-state index contributed by atoms with van der Waals surface area (Å²) < 4.78 is 19.0. The van der Waals surface area contributed by atoms with E-state index in [-0.39, 0.29) is 30.5 Å². The molecule has 0 spiro atoms. The molecule has 23 heavy (non-hydrogen) atoms. The maximum atomic E-state index is 13.7. The second-order valence-electron chi connectivity index (χ2n) is 6.03. The van der Waals surface area contributed by atoms with Crippen LogP contribution in [0.3, 0.4) is 0 Å². The molecule has 2 heterocycles. The number of halogens is 1. The van der Waals surface area contributed by atoms with E-state index in [0.29, 0.717) is 31.9 Å². The average molecular weight is 320 g/mol. The van der Waals surface area contributed by atoms with E-state index in [0.717, 1.165) is 13.1 Å². The van der Waals surface area contributed by atoms with E-state index < -0.39 is 5.92 Å². The molecule has 0 radical (unpaired) electrons. The molecular formula is C17H21FN2O3. The Morgan fingerprint density at radius 1 is 1.13 bits per heavy atom. The number of amides is 2. The molecule has 2 aliphatic heterocycles. The summed E-state index contributed by atoms with van der Waals surface area (Å²) in [6.45, 7) is 4.12. The van der Waals surface area contributed by atoms with Gasteiger partial charge in [0.05, 0.1) is 19.1 Å². The summed E-state index contributed by atoms with van der Waals surface area (Å²) in [5.74, 6) is -1.08. The number of nitrogens with zero attached hydrogens (tertiary/aromatic N) is 2. The van der Waals surface area contributed by atoms with Gasteiger partial charge in [0, 0.05) is 32.6 Å². The summed E-state index contributed by atoms with van der Waals surface area (Å²) in [5.41, 5.74) is 0.494. The van der Waals surface area contributed by atoms with Gasteiger partial charge in [-0.05, 0) is 18.1 Å². The molecule has 0 N–H and O–H groups in total. The lowest BCUT2D eigenvalue weighted by Crippen LogP contribution is -2.43. The number of benzene rings is 1. The molecule has 0 aromatic heterocycles. The van der Waals surface area contributed by atoms with Crippen molar-refractivity contribution >= 4 is 11.8 Å². The summed E-state index contributed by atoms with van der Waals surface area (Å²) in [4.78, 5) is 28.1. The normalized spacial score (nSPS) is 22.8. The number of rotatable bonds is 5. The standard InChI is InChI=1S/C17H21FN2O3/c18-15-4-2-1-3-13(15)11-14-12-16(21)20(17(14)22)6-5-19-7-9-23-10-8-19/h1-4,14H,5-12H2. The molecule has 0 bridgehead atoms. The third-order valence-electron chi connectivity index (χ3n) is 4.51. The van der Waals surface area contributed by atoms with E-state index in [9.17, 15) is 14.0 Å². The highest BCUT2D eigenvalue weighted by molar-refractivity contribution is 6.03. The Morgan fingerprint density at radius 3 is 2.61 bits per heavy atom. The fourth-order valence-electron chi connectivity index (χ4n) is 3.14. The molecule has 2 saturated heterocycles. The maximum absolute atomic E-state index is 13.7. The maximum Gasteiger partial charge on any atom is 0.233 e. The van der Waals surface area contributed by atoms with Gasteiger partial charge in [-0.2, -0.15) is 0 Å². The Labute approximate surface area is 135 Å². The van der Waals surface area contributed by atoms with E-state index in [4.69, 9.17) is 4.74 Å². The van der Waals surface area contributed by atoms with Crippen LogP contribution in [-0.2, 0) is 20.7 Å². The van der Waals surface area contributed by atoms with Crippen molar-refractivity contribution < 1.29 is 18.7 Å². The Bertz CT molecular complexity index is 587. The van der Waals surface area contributed by atoms with E-state index in [1.54, 1.807) is 18.2 Å². The number of carbonyl (C=O) groups excluding carboxylic acids is 2. The van der Waals surface area contributed by atoms with Crippen LogP contribution in [0.15, 0.2) is 24.3 Å². The zero-order chi connectivity index (χ0) is 16.2. The first-order valence-corrected chi connectivity index (χ1v) is 8.03. The van der Waals surface area contributed by atoms with Crippen molar-refractivity contribution in [1.82, 2.24) is 9.80 Å². The number of hydrogen-bond donors (Lipinski definition) is 0. The fourth-order valence-corrected chi connectivity index (χ4v) is 3.14. The lowest BCUT2D eigenvalue weighted by Gasteiger charge is -2.28. The van der Waals surface area contributed by atoms with Crippen LogP contribution < -0.4 is 0 Å². The van der Waals surface area contributed by atoms with Crippen molar-refractivity contribution in [2.75, 3.05) is 39.4 Å². The molecule has 1 aromatic rings. The number of morpholine rings is 1. The van der Waals surface area contributed by atoms with Crippen LogP contribution in [0.1, 0.15) is 12.0 Å². The van der Waals surface area contributed by atoms with E-state index >= 15 is 0 Å². The van der Waals surface area contributed by atoms with Gasteiger partial charge in [-0.3, -0.25) is 19.4 Å². The van der Waals surface area contributed by atoms with Crippen molar-refractivity contribution in [2.24, 2.45) is 5.92 Å². The van der Waals surface area contributed by atoms with Crippen molar-refractivity contribution in [2.45, 2.75) is 12.8 Å². The summed E-state index contributed by atoms with van der Waals surface area (Å²) in [7, 11) is 0. The zero-order valence-corrected chi connectivity index (χ0v) is 13.0. The second-order valence-corrected chi connectivity index (χ2v) is 6.03. The summed E-state index contributed by atoms with van der Waals surface area (Å²) >= 11 is 0. The first-order chi connectivity index (χ1) is 11.1. The van der Waals surface area contributed by atoms with Gasteiger partial charge in [0.1, 0.15) is 5.82 Å². The third kappa shape index (κ3) is 3.76. The van der Waals surface area contributed by atoms with Crippen LogP contribution in [0.4, 0.5) is 4.39 Å². The molecule has 6 heteroatoms. The molecule has 1 unspecified atom stereocenters. The molecule has 5 nitrogen and oxygen atoms in total. The van der Waals surface area contributed by atoms with Gasteiger partial charge in [-0.15, -0.1) is 0 Å². The minimum absolute atomic E-state index is 0.149. The van der Waals surface area contributed by atoms with Gasteiger partial charge in [0.2, 0.25) is 11.8 Å². The quantitative estimate of drug-likeness (QED) is 0.762.